The van der Waals surface area contributed by atoms with Crippen LogP contribution in [-0.2, 0) is 19.1 Å². The molecular weight excluding hydrogens is 484 g/mol. The smallest absolute Gasteiger partial charge is 0.336 e. The number of halogens is 1. The first-order chi connectivity index (χ1) is 16.6. The van der Waals surface area contributed by atoms with E-state index in [9.17, 15) is 24.9 Å². The number of ether oxygens (including phenoxy) is 2. The minimum atomic E-state index is -1.88. The Morgan fingerprint density at radius 2 is 1.78 bits per heavy atom. The van der Waals surface area contributed by atoms with Gasteiger partial charge in [0.2, 0.25) is 5.79 Å². The first-order valence-electron chi connectivity index (χ1n) is 13.2. The maximum absolute atomic E-state index is 13.5. The largest absolute Gasteiger partial charge is 0.429 e. The van der Waals surface area contributed by atoms with Crippen LogP contribution in [0.2, 0.25) is 0 Å². The molecular formula is C28H37ClO7. The zero-order valence-corrected chi connectivity index (χ0v) is 22.4. The Bertz CT molecular complexity index is 1130. The molecule has 7 nitrogen and oxygen atoms in total. The van der Waals surface area contributed by atoms with Crippen molar-refractivity contribution in [3.63, 3.8) is 0 Å². The number of alkyl halides is 1. The van der Waals surface area contributed by atoms with Gasteiger partial charge in [0.25, 0.3) is 0 Å². The molecule has 4 fully saturated rings. The third kappa shape index (κ3) is 2.46. The molecule has 1 spiro atoms. The summed E-state index contributed by atoms with van der Waals surface area (Å²) >= 11 is 6.87. The van der Waals surface area contributed by atoms with Gasteiger partial charge in [-0.2, -0.15) is 0 Å². The van der Waals surface area contributed by atoms with Crippen molar-refractivity contribution in [2.75, 3.05) is 0 Å². The second kappa shape index (κ2) is 7.03. The van der Waals surface area contributed by atoms with Crippen molar-refractivity contribution in [1.82, 2.24) is 0 Å². The minimum Gasteiger partial charge on any atom is -0.429 e. The van der Waals surface area contributed by atoms with Crippen molar-refractivity contribution >= 4 is 23.4 Å². The Labute approximate surface area is 216 Å². The summed E-state index contributed by atoms with van der Waals surface area (Å²) in [6.45, 7) is 9.06. The molecule has 6 aliphatic rings. The topological polar surface area (TPSA) is 113 Å². The van der Waals surface area contributed by atoms with Crippen molar-refractivity contribution in [3.05, 3.63) is 23.3 Å². The third-order valence-electron chi connectivity index (χ3n) is 12.1. The summed E-state index contributed by atoms with van der Waals surface area (Å²) in [7, 11) is 0. The van der Waals surface area contributed by atoms with E-state index in [1.54, 1.807) is 19.9 Å². The molecule has 198 valence electrons. The number of rotatable bonds is 0. The number of aliphatic hydroxyl groups is 3. The van der Waals surface area contributed by atoms with Crippen LogP contribution in [-0.4, -0.2) is 55.2 Å². The van der Waals surface area contributed by atoms with Crippen LogP contribution in [0.5, 0.6) is 0 Å². The Balaban J connectivity index is 1.52. The Morgan fingerprint density at radius 3 is 2.44 bits per heavy atom. The molecule has 3 saturated carbocycles. The van der Waals surface area contributed by atoms with Gasteiger partial charge in [-0.3, -0.25) is 4.79 Å². The van der Waals surface area contributed by atoms with E-state index >= 15 is 0 Å². The highest BCUT2D eigenvalue weighted by molar-refractivity contribution is 6.22. The molecule has 8 heteroatoms. The van der Waals surface area contributed by atoms with E-state index in [0.29, 0.717) is 24.8 Å². The fourth-order valence-electron chi connectivity index (χ4n) is 9.55. The van der Waals surface area contributed by atoms with E-state index in [1.807, 2.05) is 20.8 Å². The fourth-order valence-corrected chi connectivity index (χ4v) is 10.1. The summed E-state index contributed by atoms with van der Waals surface area (Å²) in [4.78, 5) is 26.3. The Hall–Kier alpha value is -1.25. The van der Waals surface area contributed by atoms with Crippen LogP contribution < -0.4 is 0 Å². The van der Waals surface area contributed by atoms with Crippen molar-refractivity contribution in [3.8, 4) is 0 Å². The maximum Gasteiger partial charge on any atom is 0.336 e. The van der Waals surface area contributed by atoms with Crippen molar-refractivity contribution in [2.24, 2.45) is 34.5 Å². The summed E-state index contributed by atoms with van der Waals surface area (Å²) in [5.41, 5.74) is -3.80. The van der Waals surface area contributed by atoms with Gasteiger partial charge in [0.15, 0.2) is 11.6 Å². The predicted molar refractivity (Wildman–Crippen MR) is 130 cm³/mol. The van der Waals surface area contributed by atoms with Crippen LogP contribution in [0.25, 0.3) is 0 Å². The monoisotopic (exact) mass is 520 g/mol. The maximum atomic E-state index is 13.5. The molecule has 1 saturated heterocycles. The zero-order valence-electron chi connectivity index (χ0n) is 21.6. The van der Waals surface area contributed by atoms with Crippen molar-refractivity contribution in [2.45, 2.75) is 101 Å². The van der Waals surface area contributed by atoms with Crippen LogP contribution in [0.15, 0.2) is 23.3 Å². The SMILES string of the molecule is CC1=C(C)C(=O)OC2(C1)OC1(O)CC3C(CC(Cl)C4(O)CC=CC(=O)C34C)C3CCC(O)(C2C)C31C. The molecule has 0 aromatic carbocycles. The molecule has 2 aliphatic heterocycles. The molecule has 0 aromatic rings. The van der Waals surface area contributed by atoms with Gasteiger partial charge in [-0.15, -0.1) is 11.6 Å². The minimum absolute atomic E-state index is 0.0305. The highest BCUT2D eigenvalue weighted by atomic mass is 35.5. The lowest BCUT2D eigenvalue weighted by Gasteiger charge is -2.71. The molecule has 4 aliphatic carbocycles. The standard InChI is InChI=1S/C28H37ClO7/c1-14-12-27(35-22(31)15(14)2)16(3)25(32)10-8-18-17-11-20(29)26(33)9-6-7-21(30)23(26,4)19(17)13-28(34,36-27)24(18,25)5/h6-7,16-20,32-34H,8-13H2,1-5H3. The van der Waals surface area contributed by atoms with Crippen LogP contribution in [0.1, 0.15) is 73.1 Å². The van der Waals surface area contributed by atoms with Gasteiger partial charge in [-0.1, -0.05) is 25.5 Å². The molecule has 36 heavy (non-hydrogen) atoms. The van der Waals surface area contributed by atoms with Gasteiger partial charge in [0.05, 0.1) is 33.3 Å². The average Bonchev–Trinajstić information content (AvgIpc) is 3.09. The van der Waals surface area contributed by atoms with Crippen molar-refractivity contribution < 1.29 is 34.4 Å². The highest BCUT2D eigenvalue weighted by Crippen LogP contribution is 2.75. The van der Waals surface area contributed by atoms with Gasteiger partial charge in [0, 0.05) is 18.4 Å². The number of carbonyl (C=O) groups is 2. The number of hydrogen-bond donors (Lipinski definition) is 3. The molecule has 0 aromatic heterocycles. The van der Waals surface area contributed by atoms with E-state index < -0.39 is 56.8 Å². The molecule has 11 atom stereocenters. The molecule has 0 bridgehead atoms. The van der Waals surface area contributed by atoms with Gasteiger partial charge < -0.3 is 24.8 Å². The molecule has 0 amide bonds. The van der Waals surface area contributed by atoms with Gasteiger partial charge in [-0.05, 0) is 70.3 Å². The van der Waals surface area contributed by atoms with Gasteiger partial charge in [-0.25, -0.2) is 4.79 Å². The Morgan fingerprint density at radius 1 is 1.08 bits per heavy atom. The van der Waals surface area contributed by atoms with Crippen LogP contribution in [0, 0.1) is 34.5 Å². The number of carbonyl (C=O) groups excluding carboxylic acids is 2. The van der Waals surface area contributed by atoms with E-state index in [0.717, 1.165) is 5.57 Å². The molecule has 3 N–H and O–H groups in total. The third-order valence-corrected chi connectivity index (χ3v) is 12.6. The second-order valence-electron chi connectivity index (χ2n) is 12.9. The number of hydrogen-bond acceptors (Lipinski definition) is 7. The van der Waals surface area contributed by atoms with Crippen LogP contribution >= 0.6 is 11.6 Å². The second-order valence-corrected chi connectivity index (χ2v) is 13.5. The number of esters is 1. The molecule has 6 rings (SSSR count). The van der Waals surface area contributed by atoms with Crippen LogP contribution in [0.4, 0.5) is 0 Å². The molecule has 11 unspecified atom stereocenters. The first-order valence-corrected chi connectivity index (χ1v) is 13.7. The molecule has 2 heterocycles. The van der Waals surface area contributed by atoms with E-state index in [-0.39, 0.29) is 36.9 Å². The van der Waals surface area contributed by atoms with Crippen molar-refractivity contribution in [1.29, 1.82) is 0 Å². The number of allylic oxidation sites excluding steroid dienone is 1. The summed E-state index contributed by atoms with van der Waals surface area (Å²) in [5.74, 6) is -5.42. The lowest BCUT2D eigenvalue weighted by atomic mass is 9.40. The predicted octanol–water partition coefficient (Wildman–Crippen LogP) is 3.38. The average molecular weight is 521 g/mol. The number of ketones is 1. The summed E-state index contributed by atoms with van der Waals surface area (Å²) in [6.07, 6.45) is 5.26. The van der Waals surface area contributed by atoms with Crippen LogP contribution in [0.3, 0.4) is 0 Å². The van der Waals surface area contributed by atoms with E-state index in [4.69, 9.17) is 21.1 Å². The number of fused-ring (bicyclic) bond motifs is 4. The normalized spacial score (nSPS) is 57.9. The lowest BCUT2D eigenvalue weighted by molar-refractivity contribution is -0.472. The van der Waals surface area contributed by atoms with E-state index in [2.05, 4.69) is 0 Å². The highest BCUT2D eigenvalue weighted by Gasteiger charge is 2.82. The van der Waals surface area contributed by atoms with Gasteiger partial charge >= 0.3 is 5.97 Å². The summed E-state index contributed by atoms with van der Waals surface area (Å²) in [6, 6.07) is 0. The first kappa shape index (κ1) is 25.1. The van der Waals surface area contributed by atoms with E-state index in [1.165, 1.54) is 6.08 Å². The Kier molecular flexibility index (Phi) is 4.89. The molecule has 0 radical (unpaired) electrons. The quantitative estimate of drug-likeness (QED) is 0.331. The van der Waals surface area contributed by atoms with Gasteiger partial charge in [0.1, 0.15) is 0 Å². The summed E-state index contributed by atoms with van der Waals surface area (Å²) in [5, 5.41) is 36.1. The zero-order chi connectivity index (χ0) is 26.3. The lowest BCUT2D eigenvalue weighted by Crippen LogP contribution is -2.80. The summed E-state index contributed by atoms with van der Waals surface area (Å²) < 4.78 is 12.5. The fraction of sp³-hybridized carbons (Fsp3) is 0.786.